The predicted octanol–water partition coefficient (Wildman–Crippen LogP) is 4.34. The lowest BCUT2D eigenvalue weighted by Gasteiger charge is -2.07. The van der Waals surface area contributed by atoms with Crippen LogP contribution in [0.2, 0.25) is 5.02 Å². The number of hydrogen-bond donors (Lipinski definition) is 0. The van der Waals surface area contributed by atoms with Gasteiger partial charge >= 0.3 is 0 Å². The zero-order chi connectivity index (χ0) is 10.6. The molecule has 0 saturated heterocycles. The Kier molecular flexibility index (Phi) is 5.07. The van der Waals surface area contributed by atoms with Gasteiger partial charge in [0, 0.05) is 21.9 Å². The molecule has 0 aliphatic carbocycles. The number of halogens is 3. The highest BCUT2D eigenvalue weighted by Gasteiger charge is 2.05. The summed E-state index contributed by atoms with van der Waals surface area (Å²) < 4.78 is 13.3. The highest BCUT2D eigenvalue weighted by molar-refractivity contribution is 7.99. The average Bonchev–Trinajstić information content (AvgIpc) is 2.16. The number of hydrogen-bond acceptors (Lipinski definition) is 1. The number of benzene rings is 1. The van der Waals surface area contributed by atoms with Crippen molar-refractivity contribution in [1.82, 2.24) is 0 Å². The number of thioether (sulfide) groups is 1. The molecular weight excluding hydrogens is 242 g/mol. The Labute approximate surface area is 97.8 Å². The fraction of sp³-hybridized carbons (Fsp3) is 0.400. The third-order valence-corrected chi connectivity index (χ3v) is 3.85. The molecule has 14 heavy (non-hydrogen) atoms. The fourth-order valence-corrected chi connectivity index (χ4v) is 2.13. The average molecular weight is 253 g/mol. The topological polar surface area (TPSA) is 0 Å². The lowest BCUT2D eigenvalue weighted by atomic mass is 10.2. The smallest absolute Gasteiger partial charge is 0.128 e. The summed E-state index contributed by atoms with van der Waals surface area (Å²) in [6, 6.07) is 4.75. The van der Waals surface area contributed by atoms with Crippen molar-refractivity contribution >= 4 is 35.0 Å². The Morgan fingerprint density at radius 3 is 2.79 bits per heavy atom. The minimum atomic E-state index is -0.244. The molecule has 0 aromatic heterocycles. The first-order valence-electron chi connectivity index (χ1n) is 4.25. The zero-order valence-corrected chi connectivity index (χ0v) is 10.1. The zero-order valence-electron chi connectivity index (χ0n) is 7.77. The minimum Gasteiger partial charge on any atom is -0.207 e. The third kappa shape index (κ3) is 3.68. The molecule has 0 fully saturated rings. The molecule has 0 bridgehead atoms. The number of rotatable bonds is 4. The molecule has 0 aliphatic rings. The van der Waals surface area contributed by atoms with Crippen molar-refractivity contribution in [3.05, 3.63) is 34.6 Å². The van der Waals surface area contributed by atoms with Crippen LogP contribution in [-0.4, -0.2) is 11.1 Å². The van der Waals surface area contributed by atoms with Gasteiger partial charge in [0.1, 0.15) is 5.82 Å². The molecule has 0 radical (unpaired) electrons. The molecule has 4 heteroatoms. The summed E-state index contributed by atoms with van der Waals surface area (Å²) in [4.78, 5) is 0. The van der Waals surface area contributed by atoms with E-state index in [2.05, 4.69) is 0 Å². The van der Waals surface area contributed by atoms with Crippen LogP contribution in [-0.2, 0) is 5.75 Å². The Morgan fingerprint density at radius 1 is 1.50 bits per heavy atom. The molecule has 78 valence electrons. The van der Waals surface area contributed by atoms with E-state index in [1.807, 2.05) is 6.92 Å². The van der Waals surface area contributed by atoms with Gasteiger partial charge < -0.3 is 0 Å². The Balaban J connectivity index is 2.59. The molecule has 0 spiro atoms. The van der Waals surface area contributed by atoms with Gasteiger partial charge in [0.25, 0.3) is 0 Å². The van der Waals surface area contributed by atoms with Gasteiger partial charge in [0.05, 0.1) is 0 Å². The second kappa shape index (κ2) is 5.84. The van der Waals surface area contributed by atoms with Gasteiger partial charge in [-0.2, -0.15) is 11.8 Å². The van der Waals surface area contributed by atoms with E-state index in [9.17, 15) is 4.39 Å². The summed E-state index contributed by atoms with van der Waals surface area (Å²) in [7, 11) is 0. The van der Waals surface area contributed by atoms with Crippen LogP contribution >= 0.6 is 35.0 Å². The van der Waals surface area contributed by atoms with E-state index < -0.39 is 0 Å². The van der Waals surface area contributed by atoms with Crippen LogP contribution in [0.4, 0.5) is 4.39 Å². The van der Waals surface area contributed by atoms with E-state index in [0.717, 1.165) is 0 Å². The summed E-state index contributed by atoms with van der Waals surface area (Å²) in [6.45, 7) is 2.02. The van der Waals surface area contributed by atoms with Crippen LogP contribution in [0.3, 0.4) is 0 Å². The first-order chi connectivity index (χ1) is 6.63. The van der Waals surface area contributed by atoms with E-state index in [0.29, 0.717) is 27.5 Å². The molecular formula is C10H11Cl2FS. The van der Waals surface area contributed by atoms with Crippen LogP contribution in [0.5, 0.6) is 0 Å². The molecule has 0 nitrogen and oxygen atoms in total. The van der Waals surface area contributed by atoms with Crippen molar-refractivity contribution in [3.63, 3.8) is 0 Å². The molecule has 1 aromatic carbocycles. The van der Waals surface area contributed by atoms with E-state index in [4.69, 9.17) is 23.2 Å². The molecule has 0 amide bonds. The van der Waals surface area contributed by atoms with E-state index in [1.54, 1.807) is 23.9 Å². The highest BCUT2D eigenvalue weighted by atomic mass is 35.5. The Bertz CT molecular complexity index is 304. The van der Waals surface area contributed by atoms with E-state index >= 15 is 0 Å². The molecule has 1 unspecified atom stereocenters. The Morgan fingerprint density at radius 2 is 2.21 bits per heavy atom. The molecule has 0 N–H and O–H groups in total. The maximum absolute atomic E-state index is 13.3. The maximum atomic E-state index is 13.3. The first kappa shape index (κ1) is 12.2. The van der Waals surface area contributed by atoms with Gasteiger partial charge in [-0.15, -0.1) is 11.6 Å². The van der Waals surface area contributed by atoms with Crippen molar-refractivity contribution in [2.75, 3.05) is 5.88 Å². The fourth-order valence-electron chi connectivity index (χ4n) is 0.915. The van der Waals surface area contributed by atoms with Gasteiger partial charge in [0.15, 0.2) is 0 Å². The second-order valence-electron chi connectivity index (χ2n) is 3.01. The van der Waals surface area contributed by atoms with Crippen molar-refractivity contribution in [3.8, 4) is 0 Å². The molecule has 1 rings (SSSR count). The molecule has 1 aromatic rings. The Hall–Kier alpha value is 0.0800. The normalized spacial score (nSPS) is 12.9. The van der Waals surface area contributed by atoms with Crippen LogP contribution in [0.25, 0.3) is 0 Å². The first-order valence-corrected chi connectivity index (χ1v) is 6.21. The predicted molar refractivity (Wildman–Crippen MR) is 62.9 cm³/mol. The van der Waals surface area contributed by atoms with Gasteiger partial charge in [0.2, 0.25) is 0 Å². The van der Waals surface area contributed by atoms with Gasteiger partial charge in [-0.05, 0) is 17.7 Å². The van der Waals surface area contributed by atoms with Crippen molar-refractivity contribution in [1.29, 1.82) is 0 Å². The van der Waals surface area contributed by atoms with Crippen LogP contribution in [0, 0.1) is 5.82 Å². The SMILES string of the molecule is CC(CCl)SCc1ccc(Cl)cc1F. The monoisotopic (exact) mass is 252 g/mol. The summed E-state index contributed by atoms with van der Waals surface area (Å²) >= 11 is 12.9. The van der Waals surface area contributed by atoms with E-state index in [-0.39, 0.29) is 5.82 Å². The van der Waals surface area contributed by atoms with Crippen molar-refractivity contribution in [2.24, 2.45) is 0 Å². The lowest BCUT2D eigenvalue weighted by molar-refractivity contribution is 0.617. The standard InChI is InChI=1S/C10H11Cl2FS/c1-7(5-11)14-6-8-2-3-9(12)4-10(8)13/h2-4,7H,5-6H2,1H3. The van der Waals surface area contributed by atoms with Gasteiger partial charge in [-0.25, -0.2) is 4.39 Å². The van der Waals surface area contributed by atoms with Crippen molar-refractivity contribution < 1.29 is 4.39 Å². The summed E-state index contributed by atoms with van der Waals surface area (Å²) in [5.41, 5.74) is 0.677. The molecule has 0 aliphatic heterocycles. The largest absolute Gasteiger partial charge is 0.207 e. The highest BCUT2D eigenvalue weighted by Crippen LogP contribution is 2.22. The van der Waals surface area contributed by atoms with Gasteiger partial charge in [-0.3, -0.25) is 0 Å². The maximum Gasteiger partial charge on any atom is 0.128 e. The molecule has 0 saturated carbocycles. The summed E-state index contributed by atoms with van der Waals surface area (Å²) in [5, 5.41) is 0.772. The van der Waals surface area contributed by atoms with Crippen LogP contribution in [0.15, 0.2) is 18.2 Å². The minimum absolute atomic E-state index is 0.244. The second-order valence-corrected chi connectivity index (χ2v) is 5.18. The van der Waals surface area contributed by atoms with E-state index in [1.165, 1.54) is 6.07 Å². The third-order valence-electron chi connectivity index (χ3n) is 1.76. The van der Waals surface area contributed by atoms with Gasteiger partial charge in [-0.1, -0.05) is 24.6 Å². The quantitative estimate of drug-likeness (QED) is 0.719. The van der Waals surface area contributed by atoms with Crippen LogP contribution in [0.1, 0.15) is 12.5 Å². The summed E-state index contributed by atoms with van der Waals surface area (Å²) in [6.07, 6.45) is 0. The number of alkyl halides is 1. The molecule has 1 atom stereocenters. The summed E-state index contributed by atoms with van der Waals surface area (Å²) in [5.74, 6) is 0.975. The molecule has 0 heterocycles. The lowest BCUT2D eigenvalue weighted by Crippen LogP contribution is -1.98. The van der Waals surface area contributed by atoms with Crippen molar-refractivity contribution in [2.45, 2.75) is 17.9 Å². The van der Waals surface area contributed by atoms with Crippen LogP contribution < -0.4 is 0 Å².